The summed E-state index contributed by atoms with van der Waals surface area (Å²) in [6, 6.07) is 9.50. The smallest absolute Gasteiger partial charge is 0.268 e. The first-order valence-electron chi connectivity index (χ1n) is 6.48. The summed E-state index contributed by atoms with van der Waals surface area (Å²) < 4.78 is 0. The number of thioether (sulfide) groups is 1. The van der Waals surface area contributed by atoms with Crippen LogP contribution in [0.15, 0.2) is 30.3 Å². The number of aryl methyl sites for hydroxylation is 1. The van der Waals surface area contributed by atoms with Crippen molar-refractivity contribution in [3.05, 3.63) is 45.6 Å². The van der Waals surface area contributed by atoms with Crippen LogP contribution >= 0.6 is 23.1 Å². The summed E-state index contributed by atoms with van der Waals surface area (Å²) >= 11 is 3.56. The molecule has 1 aromatic carbocycles. The molecular formula is C15H16N2OS2. The molecule has 3 rings (SSSR count). The zero-order valence-electron chi connectivity index (χ0n) is 11.3. The van der Waals surface area contributed by atoms with Gasteiger partial charge in [0.25, 0.3) is 5.91 Å². The van der Waals surface area contributed by atoms with E-state index in [4.69, 9.17) is 5.73 Å². The Hall–Kier alpha value is -1.46. The second-order valence-corrected chi connectivity index (χ2v) is 7.03. The van der Waals surface area contributed by atoms with E-state index >= 15 is 0 Å². The topological polar surface area (TPSA) is 46.3 Å². The van der Waals surface area contributed by atoms with Gasteiger partial charge in [-0.05, 0) is 35.9 Å². The van der Waals surface area contributed by atoms with Gasteiger partial charge in [-0.3, -0.25) is 4.79 Å². The number of rotatable bonds is 2. The molecule has 2 heterocycles. The summed E-state index contributed by atoms with van der Waals surface area (Å²) in [5.41, 5.74) is 8.65. The van der Waals surface area contributed by atoms with Crippen molar-refractivity contribution in [2.24, 2.45) is 0 Å². The first-order valence-corrected chi connectivity index (χ1v) is 8.46. The average molecular weight is 304 g/mol. The molecular weight excluding hydrogens is 288 g/mol. The van der Waals surface area contributed by atoms with E-state index in [0.29, 0.717) is 5.69 Å². The lowest BCUT2D eigenvalue weighted by Gasteiger charge is -2.18. The van der Waals surface area contributed by atoms with Crippen LogP contribution in [0.2, 0.25) is 0 Å². The van der Waals surface area contributed by atoms with Gasteiger partial charge < -0.3 is 10.6 Å². The van der Waals surface area contributed by atoms with Crippen LogP contribution < -0.4 is 10.6 Å². The quantitative estimate of drug-likeness (QED) is 0.865. The van der Waals surface area contributed by atoms with Gasteiger partial charge in [-0.25, -0.2) is 0 Å². The molecule has 1 aromatic heterocycles. The molecule has 5 heteroatoms. The number of carbonyl (C=O) groups excluding carboxylic acids is 1. The zero-order valence-corrected chi connectivity index (χ0v) is 12.9. The van der Waals surface area contributed by atoms with E-state index in [1.165, 1.54) is 10.4 Å². The number of fused-ring (bicyclic) bond motifs is 1. The largest absolute Gasteiger partial charge is 0.397 e. The predicted molar refractivity (Wildman–Crippen MR) is 87.8 cm³/mol. The highest BCUT2D eigenvalue weighted by Crippen LogP contribution is 2.33. The number of hydrogen-bond donors (Lipinski definition) is 1. The second-order valence-electron chi connectivity index (χ2n) is 4.78. The Morgan fingerprint density at radius 1 is 1.35 bits per heavy atom. The molecule has 0 saturated heterocycles. The van der Waals surface area contributed by atoms with E-state index in [9.17, 15) is 4.79 Å². The molecule has 0 aliphatic carbocycles. The highest BCUT2D eigenvalue weighted by Gasteiger charge is 2.21. The standard InChI is InChI=1S/C15H16N2OS2/c1-17(12-5-3-2-4-11(12)16)15(18)14-8-10-9-19-7-6-13(10)20-14/h2-5,8H,6-7,9,16H2,1H3. The van der Waals surface area contributed by atoms with Crippen molar-refractivity contribution in [1.29, 1.82) is 0 Å². The maximum atomic E-state index is 12.6. The van der Waals surface area contributed by atoms with Crippen LogP contribution in [-0.2, 0) is 12.2 Å². The van der Waals surface area contributed by atoms with E-state index in [-0.39, 0.29) is 5.91 Å². The van der Waals surface area contributed by atoms with Crippen molar-refractivity contribution in [2.45, 2.75) is 12.2 Å². The summed E-state index contributed by atoms with van der Waals surface area (Å²) in [6.07, 6.45) is 1.08. The van der Waals surface area contributed by atoms with E-state index in [0.717, 1.165) is 28.5 Å². The molecule has 1 aliphatic heterocycles. The number of nitrogens with zero attached hydrogens (tertiary/aromatic N) is 1. The maximum absolute atomic E-state index is 12.6. The fourth-order valence-electron chi connectivity index (χ4n) is 2.32. The maximum Gasteiger partial charge on any atom is 0.268 e. The third-order valence-electron chi connectivity index (χ3n) is 3.44. The number of amides is 1. The van der Waals surface area contributed by atoms with Crippen LogP contribution in [0.5, 0.6) is 0 Å². The van der Waals surface area contributed by atoms with Crippen LogP contribution in [0.1, 0.15) is 20.1 Å². The fraction of sp³-hybridized carbons (Fsp3) is 0.267. The van der Waals surface area contributed by atoms with Gasteiger partial charge in [-0.1, -0.05) is 12.1 Å². The van der Waals surface area contributed by atoms with Gasteiger partial charge in [0, 0.05) is 17.7 Å². The molecule has 0 spiro atoms. The third kappa shape index (κ3) is 2.43. The summed E-state index contributed by atoms with van der Waals surface area (Å²) in [5, 5.41) is 0. The Labute approximate surface area is 126 Å². The van der Waals surface area contributed by atoms with Crippen molar-refractivity contribution >= 4 is 40.4 Å². The Morgan fingerprint density at radius 2 is 2.15 bits per heavy atom. The Morgan fingerprint density at radius 3 is 2.90 bits per heavy atom. The molecule has 2 aromatic rings. The fourth-order valence-corrected chi connectivity index (χ4v) is 4.67. The number of thiophene rings is 1. The molecule has 104 valence electrons. The van der Waals surface area contributed by atoms with Crippen LogP contribution in [-0.4, -0.2) is 18.7 Å². The molecule has 0 radical (unpaired) electrons. The number of anilines is 2. The van der Waals surface area contributed by atoms with E-state index in [1.807, 2.05) is 42.1 Å². The zero-order chi connectivity index (χ0) is 14.1. The lowest BCUT2D eigenvalue weighted by atomic mass is 10.2. The third-order valence-corrected chi connectivity index (χ3v) is 5.67. The van der Waals surface area contributed by atoms with Gasteiger partial charge in [-0.15, -0.1) is 11.3 Å². The Bertz CT molecular complexity index is 628. The highest BCUT2D eigenvalue weighted by atomic mass is 32.2. The summed E-state index contributed by atoms with van der Waals surface area (Å²) in [6.45, 7) is 0. The minimum absolute atomic E-state index is 0.0206. The normalized spacial score (nSPS) is 13.8. The molecule has 1 amide bonds. The molecule has 0 saturated carbocycles. The van der Waals surface area contributed by atoms with Crippen LogP contribution in [0.3, 0.4) is 0 Å². The number of para-hydroxylation sites is 2. The van der Waals surface area contributed by atoms with Gasteiger partial charge in [0.05, 0.1) is 16.3 Å². The van der Waals surface area contributed by atoms with Gasteiger partial charge in [0.15, 0.2) is 0 Å². The number of hydrogen-bond acceptors (Lipinski definition) is 4. The number of carbonyl (C=O) groups is 1. The van der Waals surface area contributed by atoms with Crippen molar-refractivity contribution in [3.8, 4) is 0 Å². The van der Waals surface area contributed by atoms with Crippen LogP contribution in [0, 0.1) is 0 Å². The summed E-state index contributed by atoms with van der Waals surface area (Å²) in [4.78, 5) is 16.4. The van der Waals surface area contributed by atoms with E-state index < -0.39 is 0 Å². The van der Waals surface area contributed by atoms with Crippen molar-refractivity contribution in [3.63, 3.8) is 0 Å². The van der Waals surface area contributed by atoms with E-state index in [2.05, 4.69) is 0 Å². The van der Waals surface area contributed by atoms with Crippen molar-refractivity contribution in [2.75, 3.05) is 23.4 Å². The second kappa shape index (κ2) is 5.50. The van der Waals surface area contributed by atoms with Crippen molar-refractivity contribution in [1.82, 2.24) is 0 Å². The summed E-state index contributed by atoms with van der Waals surface area (Å²) in [7, 11) is 1.78. The SMILES string of the molecule is CN(C(=O)c1cc2c(s1)CCSC2)c1ccccc1N. The van der Waals surface area contributed by atoms with Gasteiger partial charge in [0.1, 0.15) is 0 Å². The molecule has 0 unspecified atom stereocenters. The number of benzene rings is 1. The first-order chi connectivity index (χ1) is 9.66. The highest BCUT2D eigenvalue weighted by molar-refractivity contribution is 7.98. The minimum atomic E-state index is 0.0206. The summed E-state index contributed by atoms with van der Waals surface area (Å²) in [5.74, 6) is 2.20. The first kappa shape index (κ1) is 13.5. The monoisotopic (exact) mass is 304 g/mol. The number of nitrogen functional groups attached to an aromatic ring is 1. The molecule has 1 aliphatic rings. The molecule has 20 heavy (non-hydrogen) atoms. The molecule has 3 nitrogen and oxygen atoms in total. The minimum Gasteiger partial charge on any atom is -0.397 e. The Kier molecular flexibility index (Phi) is 3.72. The van der Waals surface area contributed by atoms with Gasteiger partial charge in [0.2, 0.25) is 0 Å². The molecule has 0 bridgehead atoms. The van der Waals surface area contributed by atoms with Crippen LogP contribution in [0.25, 0.3) is 0 Å². The molecule has 0 atom stereocenters. The van der Waals surface area contributed by atoms with Crippen molar-refractivity contribution < 1.29 is 4.79 Å². The lowest BCUT2D eigenvalue weighted by Crippen LogP contribution is -2.26. The van der Waals surface area contributed by atoms with Gasteiger partial charge >= 0.3 is 0 Å². The molecule has 2 N–H and O–H groups in total. The number of nitrogens with two attached hydrogens (primary N) is 1. The Balaban J connectivity index is 1.89. The lowest BCUT2D eigenvalue weighted by molar-refractivity contribution is 0.0997. The predicted octanol–water partition coefficient (Wildman–Crippen LogP) is 3.40. The van der Waals surface area contributed by atoms with Gasteiger partial charge in [-0.2, -0.15) is 11.8 Å². The van der Waals surface area contributed by atoms with Crippen LogP contribution in [0.4, 0.5) is 11.4 Å². The molecule has 0 fully saturated rings. The van der Waals surface area contributed by atoms with E-state index in [1.54, 1.807) is 23.3 Å². The average Bonchev–Trinajstić information content (AvgIpc) is 2.90.